The average Bonchev–Trinajstić information content (AvgIpc) is 1.86. The fourth-order valence-electron chi connectivity index (χ4n) is 0. The fraction of sp³-hybridized carbons (Fsp3) is 1.00. The van der Waals surface area contributed by atoms with Crippen molar-refractivity contribution in [3.05, 3.63) is 0 Å². The Hall–Kier alpha value is 0.400. The third kappa shape index (κ3) is 39.3. The van der Waals surface area contributed by atoms with E-state index in [1.807, 2.05) is 0 Å². The lowest BCUT2D eigenvalue weighted by Crippen LogP contribution is -2.08. The van der Waals surface area contributed by atoms with E-state index < -0.39 is 25.7 Å². The predicted octanol–water partition coefficient (Wildman–Crippen LogP) is 4.19. The summed E-state index contributed by atoms with van der Waals surface area (Å²) in [6.45, 7) is -4.46. The van der Waals surface area contributed by atoms with Crippen LogP contribution in [0.5, 0.6) is 0 Å². The van der Waals surface area contributed by atoms with Gasteiger partial charge in [0.25, 0.3) is 0 Å². The van der Waals surface area contributed by atoms with Gasteiger partial charge in [-0.2, -0.15) is 26.3 Å². The molecule has 92 valence electrons. The summed E-state index contributed by atoms with van der Waals surface area (Å²) in [7, 11) is 0. The lowest BCUT2D eigenvalue weighted by atomic mass is 10.8. The van der Waals surface area contributed by atoms with Crippen molar-refractivity contribution in [1.29, 1.82) is 0 Å². The van der Waals surface area contributed by atoms with E-state index >= 15 is 0 Å². The molecule has 0 heterocycles. The zero-order valence-corrected chi connectivity index (χ0v) is 9.68. The summed E-state index contributed by atoms with van der Waals surface area (Å²) in [5, 5.41) is 0. The molecule has 0 unspecified atom stereocenters. The van der Waals surface area contributed by atoms with Crippen molar-refractivity contribution >= 4 is 34.0 Å². The van der Waals surface area contributed by atoms with Gasteiger partial charge in [0.2, 0.25) is 0 Å². The van der Waals surface area contributed by atoms with Crippen LogP contribution in [0.4, 0.5) is 35.1 Å². The van der Waals surface area contributed by atoms with Crippen LogP contribution in [0.1, 0.15) is 0 Å². The van der Waals surface area contributed by atoms with E-state index in [1.54, 1.807) is 0 Å². The van der Waals surface area contributed by atoms with Gasteiger partial charge < -0.3 is 0 Å². The maximum absolute atomic E-state index is 10.4. The van der Waals surface area contributed by atoms with E-state index in [2.05, 4.69) is 0 Å². The molecule has 0 aromatic heterocycles. The molecule has 0 aliphatic heterocycles. The Morgan fingerprint density at radius 3 is 0.643 bits per heavy atom. The molecule has 0 bridgehead atoms. The first-order valence-corrected chi connectivity index (χ1v) is 2.38. The first-order valence-electron chi connectivity index (χ1n) is 2.38. The fourth-order valence-corrected chi connectivity index (χ4v) is 0. The lowest BCUT2D eigenvalue weighted by molar-refractivity contribution is -0.142. The molecule has 0 spiro atoms. The summed E-state index contributed by atoms with van der Waals surface area (Å²) >= 11 is 0. The quantitative estimate of drug-likeness (QED) is 0.565. The van der Waals surface area contributed by atoms with Crippen molar-refractivity contribution in [2.45, 2.75) is 12.4 Å². The minimum absolute atomic E-state index is 0. The monoisotopic (exact) mass is 364 g/mol. The Morgan fingerprint density at radius 1 is 0.571 bits per heavy atom. The SMILES string of the molecule is Br.Br.FCC(F)(F)F.FCC(F)(F)F. The van der Waals surface area contributed by atoms with Crippen LogP contribution >= 0.6 is 34.0 Å². The molecule has 0 radical (unpaired) electrons. The molecule has 0 nitrogen and oxygen atoms in total. The molecule has 0 fully saturated rings. The van der Waals surface area contributed by atoms with Gasteiger partial charge in [-0.05, 0) is 0 Å². The second-order valence-electron chi connectivity index (χ2n) is 1.50. The van der Waals surface area contributed by atoms with Crippen LogP contribution in [0, 0.1) is 0 Å². The topological polar surface area (TPSA) is 0 Å². The average molecular weight is 366 g/mol. The molecule has 0 atom stereocenters. The molecule has 0 aliphatic rings. The summed E-state index contributed by atoms with van der Waals surface area (Å²) in [6.07, 6.45) is -9.25. The van der Waals surface area contributed by atoms with Crippen LogP contribution < -0.4 is 0 Å². The van der Waals surface area contributed by atoms with Gasteiger partial charge in [-0.1, -0.05) is 0 Å². The molecule has 0 rings (SSSR count). The van der Waals surface area contributed by atoms with Crippen LogP contribution in [0.3, 0.4) is 0 Å². The van der Waals surface area contributed by atoms with Gasteiger partial charge >= 0.3 is 12.4 Å². The Bertz CT molecular complexity index is 92.9. The van der Waals surface area contributed by atoms with Crippen molar-refractivity contribution in [3.63, 3.8) is 0 Å². The zero-order valence-electron chi connectivity index (χ0n) is 6.25. The molecule has 0 aliphatic carbocycles. The normalized spacial score (nSPS) is 10.3. The van der Waals surface area contributed by atoms with Crippen LogP contribution in [-0.2, 0) is 0 Å². The van der Waals surface area contributed by atoms with Crippen LogP contribution in [-0.4, -0.2) is 25.7 Å². The van der Waals surface area contributed by atoms with Crippen molar-refractivity contribution in [2.75, 3.05) is 13.3 Å². The molecule has 0 aromatic carbocycles. The molecule has 0 amide bonds. The van der Waals surface area contributed by atoms with E-state index in [0.717, 1.165) is 0 Å². The van der Waals surface area contributed by atoms with Crippen molar-refractivity contribution in [2.24, 2.45) is 0 Å². The largest absolute Gasteiger partial charge is 0.416 e. The molecule has 0 N–H and O–H groups in total. The molecule has 10 heteroatoms. The Labute approximate surface area is 95.2 Å². The van der Waals surface area contributed by atoms with E-state index in [1.165, 1.54) is 0 Å². The van der Waals surface area contributed by atoms with Gasteiger partial charge in [-0.15, -0.1) is 34.0 Å². The molecular formula is C4H6Br2F8. The van der Waals surface area contributed by atoms with Gasteiger partial charge in [0.15, 0.2) is 13.3 Å². The second kappa shape index (κ2) is 9.94. The number of hydrogen-bond acceptors (Lipinski definition) is 0. The summed E-state index contributed by atoms with van der Waals surface area (Å²) in [5.74, 6) is 0. The number of rotatable bonds is 0. The maximum atomic E-state index is 10.4. The van der Waals surface area contributed by atoms with Crippen LogP contribution in [0.15, 0.2) is 0 Å². The minimum atomic E-state index is -4.62. The molecule has 0 saturated carbocycles. The summed E-state index contributed by atoms with van der Waals surface area (Å²) in [6, 6.07) is 0. The third-order valence-electron chi connectivity index (χ3n) is 0.303. The van der Waals surface area contributed by atoms with Crippen molar-refractivity contribution in [1.82, 2.24) is 0 Å². The molecular weight excluding hydrogens is 360 g/mol. The number of hydrogen-bond donors (Lipinski definition) is 0. The molecule has 14 heavy (non-hydrogen) atoms. The highest BCUT2D eigenvalue weighted by Gasteiger charge is 2.26. The van der Waals surface area contributed by atoms with Crippen LogP contribution in [0.25, 0.3) is 0 Å². The Morgan fingerprint density at radius 2 is 0.643 bits per heavy atom. The van der Waals surface area contributed by atoms with E-state index in [4.69, 9.17) is 0 Å². The Balaban J connectivity index is -0.0000000625. The zero-order chi connectivity index (χ0) is 10.4. The third-order valence-corrected chi connectivity index (χ3v) is 0.303. The molecule has 0 saturated heterocycles. The number of halogens is 10. The second-order valence-corrected chi connectivity index (χ2v) is 1.50. The standard InChI is InChI=1S/2C2H2F4.2BrH/c2*3-1-2(4,5)6;;/h2*1H2;2*1H. The first-order chi connectivity index (χ1) is 5.12. The van der Waals surface area contributed by atoms with Gasteiger partial charge in [0, 0.05) is 0 Å². The van der Waals surface area contributed by atoms with Crippen LogP contribution in [0.2, 0.25) is 0 Å². The predicted molar refractivity (Wildman–Crippen MR) is 44.7 cm³/mol. The van der Waals surface area contributed by atoms with Gasteiger partial charge in [0.05, 0.1) is 0 Å². The smallest absolute Gasteiger partial charge is 0.241 e. The summed E-state index contributed by atoms with van der Waals surface area (Å²) < 4.78 is 83.2. The maximum Gasteiger partial charge on any atom is 0.416 e. The summed E-state index contributed by atoms with van der Waals surface area (Å²) in [5.41, 5.74) is 0. The summed E-state index contributed by atoms with van der Waals surface area (Å²) in [4.78, 5) is 0. The highest BCUT2D eigenvalue weighted by molar-refractivity contribution is 8.93. The minimum Gasteiger partial charge on any atom is -0.241 e. The van der Waals surface area contributed by atoms with Gasteiger partial charge in [-0.3, -0.25) is 0 Å². The van der Waals surface area contributed by atoms with Crippen molar-refractivity contribution in [3.8, 4) is 0 Å². The molecule has 0 aromatic rings. The van der Waals surface area contributed by atoms with Gasteiger partial charge in [0.1, 0.15) is 0 Å². The number of alkyl halides is 8. The van der Waals surface area contributed by atoms with Gasteiger partial charge in [-0.25, -0.2) is 8.78 Å². The lowest BCUT2D eigenvalue weighted by Gasteiger charge is -1.93. The Kier molecular flexibility index (Phi) is 17.0. The van der Waals surface area contributed by atoms with E-state index in [0.29, 0.717) is 0 Å². The first kappa shape index (κ1) is 23.9. The van der Waals surface area contributed by atoms with E-state index in [9.17, 15) is 35.1 Å². The van der Waals surface area contributed by atoms with Crippen molar-refractivity contribution < 1.29 is 35.1 Å². The highest BCUT2D eigenvalue weighted by atomic mass is 79.9. The highest BCUT2D eigenvalue weighted by Crippen LogP contribution is 2.13. The van der Waals surface area contributed by atoms with E-state index in [-0.39, 0.29) is 34.0 Å².